The van der Waals surface area contributed by atoms with Crippen molar-refractivity contribution in [2.75, 3.05) is 0 Å². The zero-order valence-electron chi connectivity index (χ0n) is 8.90. The lowest BCUT2D eigenvalue weighted by atomic mass is 10.3. The average Bonchev–Trinajstić information content (AvgIpc) is 2.74. The summed E-state index contributed by atoms with van der Waals surface area (Å²) in [5.41, 5.74) is 1.29. The third-order valence-electron chi connectivity index (χ3n) is 2.10. The first-order chi connectivity index (χ1) is 7.75. The van der Waals surface area contributed by atoms with Gasteiger partial charge in [-0.2, -0.15) is 0 Å². The van der Waals surface area contributed by atoms with Gasteiger partial charge in [-0.25, -0.2) is 4.98 Å². The molecule has 0 aromatic carbocycles. The van der Waals surface area contributed by atoms with E-state index in [4.69, 9.17) is 0 Å². The van der Waals surface area contributed by atoms with Crippen LogP contribution in [-0.2, 0) is 6.54 Å². The number of aromatic nitrogens is 3. The van der Waals surface area contributed by atoms with Crippen molar-refractivity contribution in [3.8, 4) is 0 Å². The molecule has 0 unspecified atom stereocenters. The average molecular weight is 216 g/mol. The molecule has 2 N–H and O–H groups in total. The van der Waals surface area contributed by atoms with Gasteiger partial charge in [0.15, 0.2) is 0 Å². The Hall–Kier alpha value is -2.17. The lowest BCUT2D eigenvalue weighted by Crippen LogP contribution is -2.23. The quantitative estimate of drug-likeness (QED) is 0.805. The Morgan fingerprint density at radius 2 is 2.31 bits per heavy atom. The van der Waals surface area contributed by atoms with Gasteiger partial charge in [0.1, 0.15) is 11.5 Å². The monoisotopic (exact) mass is 216 g/mol. The van der Waals surface area contributed by atoms with E-state index in [1.165, 1.54) is 6.20 Å². The second-order valence-electron chi connectivity index (χ2n) is 3.39. The van der Waals surface area contributed by atoms with E-state index in [2.05, 4.69) is 20.3 Å². The molecule has 0 fully saturated rings. The minimum absolute atomic E-state index is 0.175. The van der Waals surface area contributed by atoms with E-state index in [0.717, 1.165) is 11.5 Å². The van der Waals surface area contributed by atoms with Crippen LogP contribution in [0.3, 0.4) is 0 Å². The Balaban J connectivity index is 1.94. The zero-order valence-corrected chi connectivity index (χ0v) is 8.90. The van der Waals surface area contributed by atoms with Gasteiger partial charge in [0.05, 0.1) is 18.4 Å². The molecular weight excluding hydrogens is 204 g/mol. The predicted molar refractivity (Wildman–Crippen MR) is 58.7 cm³/mol. The summed E-state index contributed by atoms with van der Waals surface area (Å²) >= 11 is 0. The van der Waals surface area contributed by atoms with E-state index >= 15 is 0 Å². The Morgan fingerprint density at radius 3 is 2.94 bits per heavy atom. The maximum absolute atomic E-state index is 11.6. The van der Waals surface area contributed by atoms with E-state index < -0.39 is 0 Å². The van der Waals surface area contributed by atoms with Crippen LogP contribution in [0.1, 0.15) is 22.0 Å². The van der Waals surface area contributed by atoms with E-state index in [1.807, 2.05) is 18.2 Å². The number of nitrogens with zero attached hydrogens (tertiary/aromatic N) is 2. The summed E-state index contributed by atoms with van der Waals surface area (Å²) < 4.78 is 0. The molecule has 0 atom stereocenters. The van der Waals surface area contributed by atoms with Gasteiger partial charge in [-0.05, 0) is 19.1 Å². The maximum Gasteiger partial charge on any atom is 0.269 e. The number of hydrogen-bond donors (Lipinski definition) is 2. The van der Waals surface area contributed by atoms with Gasteiger partial charge >= 0.3 is 0 Å². The first kappa shape index (κ1) is 10.4. The number of rotatable bonds is 3. The number of amides is 1. The van der Waals surface area contributed by atoms with Gasteiger partial charge in [-0.15, -0.1) is 0 Å². The largest absolute Gasteiger partial charge is 0.345 e. The number of hydrogen-bond acceptors (Lipinski definition) is 3. The highest BCUT2D eigenvalue weighted by Gasteiger charge is 2.07. The third kappa shape index (κ3) is 2.44. The van der Waals surface area contributed by atoms with Gasteiger partial charge in [0.25, 0.3) is 5.91 Å². The standard InChI is InChI=1S/C11H12N4O/c1-8-13-7-10(15-8)11(16)14-6-9-4-2-3-5-12-9/h2-5,7H,6H2,1H3,(H,13,15)(H,14,16). The van der Waals surface area contributed by atoms with Gasteiger partial charge in [-0.3, -0.25) is 9.78 Å². The first-order valence-corrected chi connectivity index (χ1v) is 4.95. The SMILES string of the molecule is Cc1ncc(C(=O)NCc2ccccn2)[nH]1. The minimum atomic E-state index is -0.175. The van der Waals surface area contributed by atoms with E-state index in [9.17, 15) is 4.79 Å². The van der Waals surface area contributed by atoms with Crippen molar-refractivity contribution in [3.05, 3.63) is 47.8 Å². The fourth-order valence-electron chi connectivity index (χ4n) is 1.30. The summed E-state index contributed by atoms with van der Waals surface area (Å²) in [6.45, 7) is 2.22. The van der Waals surface area contributed by atoms with Gasteiger partial charge < -0.3 is 10.3 Å². The molecule has 0 saturated heterocycles. The summed E-state index contributed by atoms with van der Waals surface area (Å²) in [5, 5.41) is 2.76. The second-order valence-corrected chi connectivity index (χ2v) is 3.39. The smallest absolute Gasteiger partial charge is 0.269 e. The second kappa shape index (κ2) is 4.57. The molecule has 0 spiro atoms. The lowest BCUT2D eigenvalue weighted by Gasteiger charge is -2.02. The number of pyridine rings is 1. The van der Waals surface area contributed by atoms with E-state index in [-0.39, 0.29) is 5.91 Å². The molecule has 2 rings (SSSR count). The van der Waals surface area contributed by atoms with Crippen LogP contribution in [0, 0.1) is 6.92 Å². The molecule has 0 bridgehead atoms. The predicted octanol–water partition coefficient (Wildman–Crippen LogP) is 1.04. The summed E-state index contributed by atoms with van der Waals surface area (Å²) in [4.78, 5) is 22.6. The molecule has 2 heterocycles. The van der Waals surface area contributed by atoms with Crippen LogP contribution in [0.15, 0.2) is 30.6 Å². The highest BCUT2D eigenvalue weighted by Crippen LogP contribution is 1.97. The number of H-pyrrole nitrogens is 1. The van der Waals surface area contributed by atoms with Crippen LogP contribution in [0.5, 0.6) is 0 Å². The van der Waals surface area contributed by atoms with Crippen LogP contribution in [-0.4, -0.2) is 20.9 Å². The van der Waals surface area contributed by atoms with Crippen LogP contribution in [0.4, 0.5) is 0 Å². The van der Waals surface area contributed by atoms with Gasteiger partial charge in [0.2, 0.25) is 0 Å². The molecule has 0 aliphatic heterocycles. The third-order valence-corrected chi connectivity index (χ3v) is 2.10. The molecule has 2 aromatic rings. The van der Waals surface area contributed by atoms with Gasteiger partial charge in [0, 0.05) is 6.20 Å². The fraction of sp³-hybridized carbons (Fsp3) is 0.182. The lowest BCUT2D eigenvalue weighted by molar-refractivity contribution is 0.0946. The van der Waals surface area contributed by atoms with Crippen LogP contribution < -0.4 is 5.32 Å². The highest BCUT2D eigenvalue weighted by molar-refractivity contribution is 5.91. The molecule has 5 nitrogen and oxygen atoms in total. The zero-order chi connectivity index (χ0) is 11.4. The summed E-state index contributed by atoms with van der Waals surface area (Å²) in [6, 6.07) is 5.58. The Labute approximate surface area is 92.9 Å². The van der Waals surface area contributed by atoms with Crippen molar-refractivity contribution in [2.24, 2.45) is 0 Å². The molecule has 0 saturated carbocycles. The summed E-state index contributed by atoms with van der Waals surface area (Å²) in [6.07, 6.45) is 3.21. The molecular formula is C11H12N4O. The molecule has 1 amide bonds. The number of carbonyl (C=O) groups excluding carboxylic acids is 1. The highest BCUT2D eigenvalue weighted by atomic mass is 16.1. The minimum Gasteiger partial charge on any atom is -0.345 e. The first-order valence-electron chi connectivity index (χ1n) is 4.95. The molecule has 5 heteroatoms. The van der Waals surface area contributed by atoms with Crippen molar-refractivity contribution in [2.45, 2.75) is 13.5 Å². The number of carbonyl (C=O) groups is 1. The molecule has 0 aliphatic carbocycles. The number of nitrogens with one attached hydrogen (secondary N) is 2. The van der Waals surface area contributed by atoms with Crippen LogP contribution in [0.25, 0.3) is 0 Å². The molecule has 2 aromatic heterocycles. The van der Waals surface area contributed by atoms with Crippen LogP contribution in [0.2, 0.25) is 0 Å². The van der Waals surface area contributed by atoms with E-state index in [1.54, 1.807) is 13.1 Å². The molecule has 0 aliphatic rings. The molecule has 82 valence electrons. The normalized spacial score (nSPS) is 10.1. The van der Waals surface area contributed by atoms with Crippen molar-refractivity contribution in [1.82, 2.24) is 20.3 Å². The fourth-order valence-corrected chi connectivity index (χ4v) is 1.30. The van der Waals surface area contributed by atoms with Crippen LogP contribution >= 0.6 is 0 Å². The van der Waals surface area contributed by atoms with Crippen molar-refractivity contribution in [3.63, 3.8) is 0 Å². The number of aromatic amines is 1. The van der Waals surface area contributed by atoms with Crippen molar-refractivity contribution < 1.29 is 4.79 Å². The topological polar surface area (TPSA) is 70.7 Å². The summed E-state index contributed by atoms with van der Waals surface area (Å²) in [5.74, 6) is 0.550. The van der Waals surface area contributed by atoms with Crippen molar-refractivity contribution >= 4 is 5.91 Å². The maximum atomic E-state index is 11.6. The summed E-state index contributed by atoms with van der Waals surface area (Å²) in [7, 11) is 0. The number of imidazole rings is 1. The Bertz CT molecular complexity index is 478. The Kier molecular flexibility index (Phi) is 2.95. The van der Waals surface area contributed by atoms with E-state index in [0.29, 0.717) is 12.2 Å². The Morgan fingerprint density at radius 1 is 1.44 bits per heavy atom. The van der Waals surface area contributed by atoms with Gasteiger partial charge in [-0.1, -0.05) is 6.07 Å². The molecule has 16 heavy (non-hydrogen) atoms. The molecule has 0 radical (unpaired) electrons. The number of aryl methyl sites for hydroxylation is 1. The van der Waals surface area contributed by atoms with Crippen molar-refractivity contribution in [1.29, 1.82) is 0 Å².